The van der Waals surface area contributed by atoms with Crippen LogP contribution in [0.2, 0.25) is 0 Å². The van der Waals surface area contributed by atoms with Crippen molar-refractivity contribution < 1.29 is 9.59 Å². The maximum Gasteiger partial charge on any atom is 0.224 e. The van der Waals surface area contributed by atoms with Crippen molar-refractivity contribution in [1.29, 1.82) is 0 Å². The predicted octanol–water partition coefficient (Wildman–Crippen LogP) is 4.44. The van der Waals surface area contributed by atoms with Crippen molar-refractivity contribution in [1.82, 2.24) is 19.8 Å². The maximum absolute atomic E-state index is 12.8. The van der Waals surface area contributed by atoms with Gasteiger partial charge >= 0.3 is 0 Å². The summed E-state index contributed by atoms with van der Waals surface area (Å²) >= 11 is 0. The average Bonchev–Trinajstić information content (AvgIpc) is 2.91. The fourth-order valence-corrected chi connectivity index (χ4v) is 4.40. The Bertz CT molecular complexity index is 848. The van der Waals surface area contributed by atoms with Crippen molar-refractivity contribution in [3.05, 3.63) is 30.1 Å². The summed E-state index contributed by atoms with van der Waals surface area (Å²) in [5, 5.41) is 3.14. The Morgan fingerprint density at radius 3 is 2.40 bits per heavy atom. The van der Waals surface area contributed by atoms with E-state index in [4.69, 9.17) is 4.98 Å². The minimum absolute atomic E-state index is 0.0230. The summed E-state index contributed by atoms with van der Waals surface area (Å²) in [4.78, 5) is 32.3. The molecule has 1 atom stereocenters. The van der Waals surface area contributed by atoms with Gasteiger partial charge in [0.1, 0.15) is 5.82 Å². The number of aryl methyl sites for hydroxylation is 1. The molecule has 6 nitrogen and oxygen atoms in total. The normalized spacial score (nSPS) is 15.9. The van der Waals surface area contributed by atoms with E-state index in [0.717, 1.165) is 55.6 Å². The van der Waals surface area contributed by atoms with Crippen molar-refractivity contribution >= 4 is 22.8 Å². The molecular formula is C24H36N4O2. The number of likely N-dealkylation sites (tertiary alicyclic amines) is 1. The van der Waals surface area contributed by atoms with Crippen LogP contribution in [-0.4, -0.2) is 39.4 Å². The van der Waals surface area contributed by atoms with Crippen LogP contribution >= 0.6 is 0 Å². The van der Waals surface area contributed by atoms with Crippen molar-refractivity contribution in [2.75, 3.05) is 13.1 Å². The lowest BCUT2D eigenvalue weighted by Crippen LogP contribution is -2.34. The number of para-hydroxylation sites is 2. The van der Waals surface area contributed by atoms with Crippen LogP contribution in [-0.2, 0) is 16.1 Å². The molecule has 0 spiro atoms. The molecule has 0 radical (unpaired) electrons. The first kappa shape index (κ1) is 22.3. The van der Waals surface area contributed by atoms with Gasteiger partial charge in [0, 0.05) is 32.0 Å². The molecule has 164 valence electrons. The van der Waals surface area contributed by atoms with E-state index in [2.05, 4.69) is 9.88 Å². The number of carbonyl (C=O) groups excluding carboxylic acids is 2. The largest absolute Gasteiger partial charge is 0.346 e. The predicted molar refractivity (Wildman–Crippen MR) is 120 cm³/mol. The number of hydrogen-bond donors (Lipinski definition) is 1. The van der Waals surface area contributed by atoms with E-state index in [1.54, 1.807) is 0 Å². The van der Waals surface area contributed by atoms with Crippen molar-refractivity contribution in [3.8, 4) is 0 Å². The Balaban J connectivity index is 1.77. The molecule has 2 aromatic rings. The lowest BCUT2D eigenvalue weighted by Gasteiger charge is -2.22. The molecule has 2 heterocycles. The topological polar surface area (TPSA) is 67.2 Å². The van der Waals surface area contributed by atoms with Crippen LogP contribution < -0.4 is 5.32 Å². The first-order valence-electron chi connectivity index (χ1n) is 11.6. The summed E-state index contributed by atoms with van der Waals surface area (Å²) in [7, 11) is 0. The van der Waals surface area contributed by atoms with E-state index in [-0.39, 0.29) is 23.8 Å². The van der Waals surface area contributed by atoms with Gasteiger partial charge in [0.15, 0.2) is 0 Å². The zero-order valence-electron chi connectivity index (χ0n) is 18.7. The minimum Gasteiger partial charge on any atom is -0.346 e. The minimum atomic E-state index is -0.209. The molecule has 1 aromatic heterocycles. The highest BCUT2D eigenvalue weighted by Gasteiger charge is 2.23. The van der Waals surface area contributed by atoms with Gasteiger partial charge in [-0.15, -0.1) is 0 Å². The van der Waals surface area contributed by atoms with Crippen LogP contribution in [0.5, 0.6) is 0 Å². The van der Waals surface area contributed by atoms with E-state index in [9.17, 15) is 9.59 Å². The van der Waals surface area contributed by atoms with Gasteiger partial charge in [0.2, 0.25) is 11.8 Å². The van der Waals surface area contributed by atoms with Crippen molar-refractivity contribution in [2.24, 2.45) is 5.92 Å². The maximum atomic E-state index is 12.8. The Hall–Kier alpha value is -2.37. The molecule has 1 aliphatic rings. The fourth-order valence-electron chi connectivity index (χ4n) is 4.40. The van der Waals surface area contributed by atoms with E-state index in [1.165, 1.54) is 12.8 Å². The summed E-state index contributed by atoms with van der Waals surface area (Å²) in [6.07, 6.45) is 6.75. The molecule has 1 unspecified atom stereocenters. The second kappa shape index (κ2) is 10.6. The molecule has 0 saturated carbocycles. The molecular weight excluding hydrogens is 376 g/mol. The third kappa shape index (κ3) is 5.21. The Morgan fingerprint density at radius 1 is 1.07 bits per heavy atom. The van der Waals surface area contributed by atoms with Gasteiger partial charge < -0.3 is 14.8 Å². The quantitative estimate of drug-likeness (QED) is 0.697. The third-order valence-electron chi connectivity index (χ3n) is 6.29. The number of benzene rings is 1. The van der Waals surface area contributed by atoms with Crippen LogP contribution in [0, 0.1) is 5.92 Å². The highest BCUT2D eigenvalue weighted by molar-refractivity contribution is 5.80. The van der Waals surface area contributed by atoms with Crippen LogP contribution in [0.3, 0.4) is 0 Å². The number of fused-ring (bicyclic) bond motifs is 1. The summed E-state index contributed by atoms with van der Waals surface area (Å²) in [6.45, 7) is 8.39. The van der Waals surface area contributed by atoms with Crippen LogP contribution in [0.1, 0.15) is 77.6 Å². The van der Waals surface area contributed by atoms with Crippen molar-refractivity contribution in [2.45, 2.75) is 78.3 Å². The molecule has 0 bridgehead atoms. The first-order chi connectivity index (χ1) is 14.5. The Labute approximate surface area is 180 Å². The van der Waals surface area contributed by atoms with Gasteiger partial charge in [-0.25, -0.2) is 4.98 Å². The van der Waals surface area contributed by atoms with Gasteiger partial charge in [-0.3, -0.25) is 9.59 Å². The number of nitrogens with zero attached hydrogens (tertiary/aromatic N) is 3. The molecule has 1 aliphatic heterocycles. The van der Waals surface area contributed by atoms with Crippen LogP contribution in [0.15, 0.2) is 24.3 Å². The van der Waals surface area contributed by atoms with E-state index in [0.29, 0.717) is 13.0 Å². The fraction of sp³-hybridized carbons (Fsp3) is 0.625. The lowest BCUT2D eigenvalue weighted by molar-refractivity contribution is -0.131. The van der Waals surface area contributed by atoms with Crippen LogP contribution in [0.25, 0.3) is 11.0 Å². The smallest absolute Gasteiger partial charge is 0.224 e. The highest BCUT2D eigenvalue weighted by atomic mass is 16.2. The van der Waals surface area contributed by atoms with Gasteiger partial charge in [-0.2, -0.15) is 0 Å². The molecule has 30 heavy (non-hydrogen) atoms. The molecule has 1 saturated heterocycles. The number of hydrogen-bond acceptors (Lipinski definition) is 3. The summed E-state index contributed by atoms with van der Waals surface area (Å²) < 4.78 is 2.11. The van der Waals surface area contributed by atoms with Gasteiger partial charge in [0.05, 0.1) is 17.1 Å². The SMILES string of the molecule is CCC(CC)C(=O)NC(C)c1nc2ccccc2n1CCC(=O)N1CCCCCC1. The van der Waals surface area contributed by atoms with E-state index in [1.807, 2.05) is 49.9 Å². The standard InChI is InChI=1S/C24H36N4O2/c1-4-19(5-2)24(30)25-18(3)23-26-20-12-8-9-13-21(20)28(23)17-14-22(29)27-15-10-6-7-11-16-27/h8-9,12-13,18-19H,4-7,10-11,14-17H2,1-3H3,(H,25,30). The Morgan fingerprint density at radius 2 is 1.73 bits per heavy atom. The summed E-state index contributed by atoms with van der Waals surface area (Å²) in [5.74, 6) is 1.13. The molecule has 2 amide bonds. The van der Waals surface area contributed by atoms with E-state index >= 15 is 0 Å². The number of imidazole rings is 1. The van der Waals surface area contributed by atoms with Crippen LogP contribution in [0.4, 0.5) is 0 Å². The summed E-state index contributed by atoms with van der Waals surface area (Å²) in [5.41, 5.74) is 1.91. The molecule has 1 fully saturated rings. The molecule has 0 aliphatic carbocycles. The molecule has 1 aromatic carbocycles. The monoisotopic (exact) mass is 412 g/mol. The van der Waals surface area contributed by atoms with Crippen molar-refractivity contribution in [3.63, 3.8) is 0 Å². The Kier molecular flexibility index (Phi) is 7.88. The zero-order chi connectivity index (χ0) is 21.5. The number of nitrogens with one attached hydrogen (secondary N) is 1. The molecule has 1 N–H and O–H groups in total. The lowest BCUT2D eigenvalue weighted by atomic mass is 10.0. The van der Waals surface area contributed by atoms with Gasteiger partial charge in [0.25, 0.3) is 0 Å². The van der Waals surface area contributed by atoms with Gasteiger partial charge in [-0.05, 0) is 44.7 Å². The number of aromatic nitrogens is 2. The first-order valence-corrected chi connectivity index (χ1v) is 11.6. The summed E-state index contributed by atoms with van der Waals surface area (Å²) in [6, 6.07) is 7.78. The second-order valence-electron chi connectivity index (χ2n) is 8.40. The van der Waals surface area contributed by atoms with E-state index < -0.39 is 0 Å². The van der Waals surface area contributed by atoms with Gasteiger partial charge in [-0.1, -0.05) is 38.8 Å². The third-order valence-corrected chi connectivity index (χ3v) is 6.29. The number of rotatable bonds is 8. The zero-order valence-corrected chi connectivity index (χ0v) is 18.7. The molecule has 3 rings (SSSR count). The number of carbonyl (C=O) groups is 2. The second-order valence-corrected chi connectivity index (χ2v) is 8.40. The highest BCUT2D eigenvalue weighted by Crippen LogP contribution is 2.22. The number of amides is 2. The average molecular weight is 413 g/mol. The molecule has 6 heteroatoms.